The molecule has 7 nitrogen and oxygen atoms in total. The van der Waals surface area contributed by atoms with Crippen LogP contribution in [0.5, 0.6) is 0 Å². The van der Waals surface area contributed by atoms with Crippen molar-refractivity contribution in [3.63, 3.8) is 0 Å². The third-order valence-electron chi connectivity index (χ3n) is 6.44. The molecule has 0 atom stereocenters. The molecule has 276 valence electrons. The Morgan fingerprint density at radius 3 is 2.10 bits per heavy atom. The quantitative estimate of drug-likeness (QED) is 0.0242. The summed E-state index contributed by atoms with van der Waals surface area (Å²) in [7, 11) is 0. The summed E-state index contributed by atoms with van der Waals surface area (Å²) in [5, 5.41) is 0.0574. The predicted molar refractivity (Wildman–Crippen MR) is 156 cm³/mol. The molecule has 3 aromatic rings. The normalized spacial score (nSPS) is 13.1. The van der Waals surface area contributed by atoms with Gasteiger partial charge in [-0.05, 0) is 42.7 Å². The van der Waals surface area contributed by atoms with Crippen LogP contribution in [0.2, 0.25) is 0 Å². The zero-order valence-electron chi connectivity index (χ0n) is 25.7. The predicted octanol–water partition coefficient (Wildman–Crippen LogP) is 9.76. The highest BCUT2D eigenvalue weighted by atomic mass is 32.2. The zero-order valence-corrected chi connectivity index (χ0v) is 26.5. The number of esters is 1. The van der Waals surface area contributed by atoms with Crippen LogP contribution in [0.1, 0.15) is 43.7 Å². The Bertz CT molecular complexity index is 1710. The van der Waals surface area contributed by atoms with Crippen molar-refractivity contribution in [1.29, 1.82) is 0 Å². The maximum absolute atomic E-state index is 14.2. The van der Waals surface area contributed by atoms with E-state index in [9.17, 15) is 57.9 Å². The number of ether oxygens (including phenoxy) is 4. The van der Waals surface area contributed by atoms with Crippen molar-refractivity contribution in [2.24, 2.45) is 0 Å². The van der Waals surface area contributed by atoms with E-state index in [1.807, 2.05) is 6.92 Å². The number of carbonyl (C=O) groups excluding carboxylic acids is 1. The monoisotopic (exact) mass is 752 g/mol. The van der Waals surface area contributed by atoms with Gasteiger partial charge in [-0.2, -0.15) is 30.7 Å². The fourth-order valence-electron chi connectivity index (χ4n) is 4.31. The first-order valence-corrected chi connectivity index (χ1v) is 15.4. The Labute approximate surface area is 280 Å². The number of carbonyl (C=O) groups is 1. The van der Waals surface area contributed by atoms with Gasteiger partial charge in [0.05, 0.1) is 16.9 Å². The van der Waals surface area contributed by atoms with Gasteiger partial charge < -0.3 is 9.15 Å². The first-order valence-electron chi connectivity index (χ1n) is 14.4. The van der Waals surface area contributed by atoms with Crippen LogP contribution in [-0.4, -0.2) is 43.1 Å². The highest BCUT2D eigenvalue weighted by Gasteiger charge is 2.56. The topological polar surface area (TPSA) is 84.2 Å². The van der Waals surface area contributed by atoms with Gasteiger partial charge in [0, 0.05) is 21.9 Å². The van der Waals surface area contributed by atoms with Crippen molar-refractivity contribution < 1.29 is 76.5 Å². The van der Waals surface area contributed by atoms with Crippen LogP contribution < -0.4 is 5.63 Å². The average molecular weight is 753 g/mol. The fourth-order valence-corrected chi connectivity index (χ4v) is 5.06. The van der Waals surface area contributed by atoms with E-state index in [1.54, 1.807) is 0 Å². The Balaban J connectivity index is 1.72. The lowest BCUT2D eigenvalue weighted by Gasteiger charge is -2.27. The molecule has 3 rings (SSSR count). The van der Waals surface area contributed by atoms with Crippen LogP contribution in [0.15, 0.2) is 69.2 Å². The SMILES string of the molecule is C=CC(=O)OCC(F)(F)OC(F)(F)OC(F)(F)OC(F)(F)CSc1ccc2cc(-c3ccc(CCCCCC)cc3C(F)(F)F)c(=O)oc2c1. The van der Waals surface area contributed by atoms with Gasteiger partial charge in [0.15, 0.2) is 6.61 Å². The minimum atomic E-state index is -5.94. The summed E-state index contributed by atoms with van der Waals surface area (Å²) in [5.74, 6) is -3.24. The van der Waals surface area contributed by atoms with Gasteiger partial charge >= 0.3 is 42.6 Å². The van der Waals surface area contributed by atoms with Crippen molar-refractivity contribution in [2.75, 3.05) is 12.4 Å². The second-order valence-corrected chi connectivity index (χ2v) is 11.5. The van der Waals surface area contributed by atoms with Gasteiger partial charge in [-0.1, -0.05) is 51.0 Å². The Kier molecular flexibility index (Phi) is 13.1. The van der Waals surface area contributed by atoms with E-state index >= 15 is 0 Å². The van der Waals surface area contributed by atoms with Gasteiger partial charge in [0.1, 0.15) is 5.58 Å². The second-order valence-electron chi connectivity index (χ2n) is 10.4. The molecule has 0 aliphatic heterocycles. The molecule has 0 fully saturated rings. The van der Waals surface area contributed by atoms with Crippen LogP contribution in [0.25, 0.3) is 22.1 Å². The molecule has 0 aliphatic carbocycles. The van der Waals surface area contributed by atoms with Crippen molar-refractivity contribution in [3.8, 4) is 11.1 Å². The molecule has 1 heterocycles. The number of aryl methyl sites for hydroxylation is 1. The molecular formula is C31H27F11O7S. The number of halogens is 11. The highest BCUT2D eigenvalue weighted by Crippen LogP contribution is 2.40. The summed E-state index contributed by atoms with van der Waals surface area (Å²) >= 11 is 0.0755. The van der Waals surface area contributed by atoms with Gasteiger partial charge in [-0.3, -0.25) is 0 Å². The molecule has 0 unspecified atom stereocenters. The van der Waals surface area contributed by atoms with Crippen LogP contribution in [0.4, 0.5) is 48.3 Å². The lowest BCUT2D eigenvalue weighted by atomic mass is 9.95. The summed E-state index contributed by atoms with van der Waals surface area (Å²) in [6, 6.07) is 7.90. The molecule has 0 amide bonds. The Morgan fingerprint density at radius 1 is 0.820 bits per heavy atom. The molecule has 0 N–H and O–H groups in total. The lowest BCUT2D eigenvalue weighted by molar-refractivity contribution is -0.572. The van der Waals surface area contributed by atoms with Crippen LogP contribution in [0, 0.1) is 0 Å². The van der Waals surface area contributed by atoms with E-state index in [4.69, 9.17) is 4.42 Å². The maximum Gasteiger partial charge on any atom is 0.496 e. The van der Waals surface area contributed by atoms with E-state index in [0.29, 0.717) is 24.5 Å². The summed E-state index contributed by atoms with van der Waals surface area (Å²) in [5.41, 5.74) is -3.06. The molecule has 0 radical (unpaired) electrons. The average Bonchev–Trinajstić information content (AvgIpc) is 2.98. The summed E-state index contributed by atoms with van der Waals surface area (Å²) in [6.45, 7) is 2.62. The van der Waals surface area contributed by atoms with E-state index in [1.165, 1.54) is 12.1 Å². The van der Waals surface area contributed by atoms with E-state index in [-0.39, 0.29) is 27.6 Å². The Hall–Kier alpha value is -3.68. The van der Waals surface area contributed by atoms with Crippen molar-refractivity contribution in [3.05, 3.63) is 76.7 Å². The fraction of sp³-hybridized carbons (Fsp3) is 0.419. The number of thioether (sulfide) groups is 1. The summed E-state index contributed by atoms with van der Waals surface area (Å²) in [4.78, 5) is 23.4. The minimum Gasteiger partial charge on any atom is -0.453 e. The number of alkyl halides is 11. The molecule has 50 heavy (non-hydrogen) atoms. The van der Waals surface area contributed by atoms with E-state index < -0.39 is 71.6 Å². The molecule has 0 bridgehead atoms. The van der Waals surface area contributed by atoms with Crippen LogP contribution in [-0.2, 0) is 36.3 Å². The third-order valence-corrected chi connectivity index (χ3v) is 7.50. The van der Waals surface area contributed by atoms with E-state index in [0.717, 1.165) is 49.6 Å². The number of unbranched alkanes of at least 4 members (excludes halogenated alkanes) is 3. The van der Waals surface area contributed by atoms with Gasteiger partial charge in [-0.15, -0.1) is 29.3 Å². The molecular weight excluding hydrogens is 725 g/mol. The molecule has 2 aromatic carbocycles. The minimum absolute atomic E-state index is 0.0574. The third kappa shape index (κ3) is 12.3. The largest absolute Gasteiger partial charge is 0.496 e. The number of rotatable bonds is 18. The standard InChI is InChI=1S/C31H27F11O7S/c1-3-5-6-7-8-18-9-12-21(23(13-18)29(36,37)38)22-14-19-10-11-20(15-24(19)46-26(22)44)50-17-28(34,35)48-31(41,42)49-30(39,40)47-27(32,33)16-45-25(43)4-2/h4,9-15H,2-3,5-8,16-17H2,1H3. The molecule has 0 spiro atoms. The zero-order chi connectivity index (χ0) is 37.5. The van der Waals surface area contributed by atoms with Gasteiger partial charge in [0.25, 0.3) is 0 Å². The molecule has 0 saturated carbocycles. The van der Waals surface area contributed by atoms with Gasteiger partial charge in [-0.25, -0.2) is 23.8 Å². The van der Waals surface area contributed by atoms with Crippen molar-refractivity contribution in [1.82, 2.24) is 0 Å². The number of hydrogen-bond donors (Lipinski definition) is 0. The number of hydrogen-bond acceptors (Lipinski definition) is 8. The first kappa shape index (κ1) is 40.7. The number of fused-ring (bicyclic) bond motifs is 1. The first-order chi connectivity index (χ1) is 23.1. The summed E-state index contributed by atoms with van der Waals surface area (Å²) < 4.78 is 169. The van der Waals surface area contributed by atoms with E-state index in [2.05, 4.69) is 25.5 Å². The van der Waals surface area contributed by atoms with Crippen LogP contribution in [0.3, 0.4) is 0 Å². The molecule has 19 heteroatoms. The summed E-state index contributed by atoms with van der Waals surface area (Å²) in [6.07, 6.45) is -22.7. The maximum atomic E-state index is 14.2. The Morgan fingerprint density at radius 2 is 1.48 bits per heavy atom. The van der Waals surface area contributed by atoms with Crippen molar-refractivity contribution >= 4 is 28.7 Å². The lowest BCUT2D eigenvalue weighted by Crippen LogP contribution is -2.46. The van der Waals surface area contributed by atoms with Gasteiger partial charge in [0.2, 0.25) is 0 Å². The second kappa shape index (κ2) is 16.1. The molecule has 1 aromatic heterocycles. The smallest absolute Gasteiger partial charge is 0.453 e. The van der Waals surface area contributed by atoms with Crippen molar-refractivity contribution in [2.45, 2.75) is 74.9 Å². The molecule has 0 aliphatic rings. The number of benzene rings is 2. The highest BCUT2D eigenvalue weighted by molar-refractivity contribution is 7.99. The van der Waals surface area contributed by atoms with Crippen LogP contribution >= 0.6 is 11.8 Å². The molecule has 0 saturated heterocycles.